The zero-order chi connectivity index (χ0) is 25.6. The molecule has 3 saturated heterocycles. The van der Waals surface area contributed by atoms with E-state index in [4.69, 9.17) is 20.4 Å². The van der Waals surface area contributed by atoms with E-state index in [1.54, 1.807) is 4.52 Å². The van der Waals surface area contributed by atoms with Gasteiger partial charge in [0.15, 0.2) is 5.65 Å². The highest BCUT2D eigenvalue weighted by Gasteiger charge is 2.45. The number of nitrogens with zero attached hydrogens (tertiary/aromatic N) is 5. The summed E-state index contributed by atoms with van der Waals surface area (Å²) in [6.45, 7) is 1.85. The molecule has 3 N–H and O–H groups in total. The summed E-state index contributed by atoms with van der Waals surface area (Å²) in [6, 6.07) is 16.4. The maximum absolute atomic E-state index is 13.3. The van der Waals surface area contributed by atoms with Crippen LogP contribution in [0.1, 0.15) is 37.3 Å². The highest BCUT2D eigenvalue weighted by molar-refractivity contribution is 5.83. The number of nitrogen functional groups attached to an aromatic ring is 1. The van der Waals surface area contributed by atoms with Crippen LogP contribution in [0, 0.1) is 0 Å². The summed E-state index contributed by atoms with van der Waals surface area (Å²) in [5, 5.41) is 7.85. The Bertz CT molecular complexity index is 1450. The van der Waals surface area contributed by atoms with Gasteiger partial charge in [0.2, 0.25) is 5.91 Å². The summed E-state index contributed by atoms with van der Waals surface area (Å²) in [5.74, 6) is 1.00. The average Bonchev–Trinajstić information content (AvgIpc) is 3.52. The van der Waals surface area contributed by atoms with Gasteiger partial charge in [0.1, 0.15) is 11.9 Å². The van der Waals surface area contributed by atoms with Crippen molar-refractivity contribution >= 4 is 17.4 Å². The Labute approximate surface area is 221 Å². The van der Waals surface area contributed by atoms with Crippen LogP contribution in [0.15, 0.2) is 60.9 Å². The number of rotatable bonds is 4. The molecular formula is C29H31N7O2. The first-order valence-corrected chi connectivity index (χ1v) is 13.4. The number of pyridine rings is 1. The maximum Gasteiger partial charge on any atom is 0.242 e. The van der Waals surface area contributed by atoms with Crippen LogP contribution >= 0.6 is 0 Å². The number of piperidine rings is 1. The standard InChI is InChI=1S/C29H31N7O2/c30-27-14-25(20-12-21-7-8-22(13-20)35(21)29(37)26-17-38-11-10-31-26)34-28-23(16-33-36(27)28)19-6-9-24(32-15-19)18-4-2-1-3-5-18/h1-6,9,14-16,20-22,26,31H,7-8,10-13,17,30H2/t20?,21-,22+,26?. The number of fused-ring (bicyclic) bond motifs is 3. The third-order valence-electron chi connectivity index (χ3n) is 8.29. The minimum absolute atomic E-state index is 0.183. The normalized spacial score (nSPS) is 25.1. The molecular weight excluding hydrogens is 478 g/mol. The zero-order valence-corrected chi connectivity index (χ0v) is 21.2. The molecule has 3 aliphatic heterocycles. The van der Waals surface area contributed by atoms with E-state index in [-0.39, 0.29) is 30.0 Å². The molecule has 0 aliphatic carbocycles. The molecule has 7 rings (SSSR count). The lowest BCUT2D eigenvalue weighted by Gasteiger charge is -2.41. The Morgan fingerprint density at radius 2 is 1.84 bits per heavy atom. The molecule has 194 valence electrons. The molecule has 4 atom stereocenters. The van der Waals surface area contributed by atoms with E-state index < -0.39 is 0 Å². The number of morpholine rings is 1. The van der Waals surface area contributed by atoms with E-state index >= 15 is 0 Å². The van der Waals surface area contributed by atoms with Gasteiger partial charge in [-0.25, -0.2) is 4.98 Å². The lowest BCUT2D eigenvalue weighted by molar-refractivity contribution is -0.141. The molecule has 4 aromatic rings. The maximum atomic E-state index is 13.3. The van der Waals surface area contributed by atoms with E-state index in [1.165, 1.54) is 0 Å². The number of amides is 1. The van der Waals surface area contributed by atoms with Crippen molar-refractivity contribution in [3.05, 3.63) is 66.6 Å². The van der Waals surface area contributed by atoms with Crippen molar-refractivity contribution in [2.75, 3.05) is 25.5 Å². The van der Waals surface area contributed by atoms with Crippen LogP contribution in [0.5, 0.6) is 0 Å². The molecule has 1 amide bonds. The first kappa shape index (κ1) is 23.3. The second-order valence-corrected chi connectivity index (χ2v) is 10.6. The van der Waals surface area contributed by atoms with Gasteiger partial charge >= 0.3 is 0 Å². The molecule has 0 radical (unpaired) electrons. The Balaban J connectivity index is 1.16. The number of anilines is 1. The Hall–Kier alpha value is -3.82. The summed E-state index contributed by atoms with van der Waals surface area (Å²) in [5.41, 5.74) is 12.0. The van der Waals surface area contributed by atoms with Crippen molar-refractivity contribution in [3.8, 4) is 22.4 Å². The minimum atomic E-state index is -0.232. The number of nitrogens with two attached hydrogens (primary N) is 1. The van der Waals surface area contributed by atoms with Crippen LogP contribution in [0.25, 0.3) is 28.0 Å². The van der Waals surface area contributed by atoms with E-state index in [1.807, 2.05) is 42.7 Å². The van der Waals surface area contributed by atoms with Crippen molar-refractivity contribution in [2.24, 2.45) is 0 Å². The van der Waals surface area contributed by atoms with Crippen molar-refractivity contribution in [3.63, 3.8) is 0 Å². The molecule has 3 aromatic heterocycles. The molecule has 9 nitrogen and oxygen atoms in total. The van der Waals surface area contributed by atoms with Gasteiger partial charge < -0.3 is 20.7 Å². The number of aromatic nitrogens is 4. The fourth-order valence-electron chi connectivity index (χ4n) is 6.43. The first-order chi connectivity index (χ1) is 18.7. The van der Waals surface area contributed by atoms with Gasteiger partial charge in [-0.15, -0.1) is 0 Å². The predicted octanol–water partition coefficient (Wildman–Crippen LogP) is 3.27. The fraction of sp³-hybridized carbons (Fsp3) is 0.379. The Morgan fingerprint density at radius 1 is 1.03 bits per heavy atom. The van der Waals surface area contributed by atoms with Crippen LogP contribution in [-0.4, -0.2) is 68.3 Å². The second kappa shape index (κ2) is 9.49. The summed E-state index contributed by atoms with van der Waals surface area (Å²) >= 11 is 0. The topological polar surface area (TPSA) is 111 Å². The highest BCUT2D eigenvalue weighted by Crippen LogP contribution is 2.43. The second-order valence-electron chi connectivity index (χ2n) is 10.6. The molecule has 2 unspecified atom stereocenters. The number of carbonyl (C=O) groups excluding carboxylic acids is 1. The van der Waals surface area contributed by atoms with E-state index in [9.17, 15) is 4.79 Å². The SMILES string of the molecule is Nc1cc(C2C[C@H]3CC[C@@H](C2)N3C(=O)C2COCCN2)nc2c(-c3ccc(-c4ccccc4)nc3)cnn12. The van der Waals surface area contributed by atoms with Crippen molar-refractivity contribution in [1.82, 2.24) is 29.8 Å². The van der Waals surface area contributed by atoms with Crippen LogP contribution < -0.4 is 11.1 Å². The molecule has 1 aromatic carbocycles. The smallest absolute Gasteiger partial charge is 0.242 e. The monoisotopic (exact) mass is 509 g/mol. The number of nitrogens with one attached hydrogen (secondary N) is 1. The number of hydrogen-bond acceptors (Lipinski definition) is 7. The van der Waals surface area contributed by atoms with Gasteiger partial charge in [-0.05, 0) is 31.7 Å². The average molecular weight is 510 g/mol. The molecule has 0 saturated carbocycles. The van der Waals surface area contributed by atoms with Crippen LogP contribution in [0.2, 0.25) is 0 Å². The number of hydrogen-bond donors (Lipinski definition) is 2. The summed E-state index contributed by atoms with van der Waals surface area (Å²) in [7, 11) is 0. The van der Waals surface area contributed by atoms with Crippen LogP contribution in [-0.2, 0) is 9.53 Å². The highest BCUT2D eigenvalue weighted by atomic mass is 16.5. The lowest BCUT2D eigenvalue weighted by Crippen LogP contribution is -2.57. The third kappa shape index (κ3) is 4.02. The van der Waals surface area contributed by atoms with Gasteiger partial charge in [0.05, 0.1) is 25.1 Å². The van der Waals surface area contributed by atoms with Gasteiger partial charge in [0, 0.05) is 59.2 Å². The van der Waals surface area contributed by atoms with E-state index in [0.717, 1.165) is 66.0 Å². The lowest BCUT2D eigenvalue weighted by atomic mass is 9.87. The summed E-state index contributed by atoms with van der Waals surface area (Å²) in [4.78, 5) is 25.2. The van der Waals surface area contributed by atoms with Gasteiger partial charge in [-0.2, -0.15) is 9.61 Å². The Kier molecular flexibility index (Phi) is 5.82. The van der Waals surface area contributed by atoms with E-state index in [2.05, 4.69) is 33.5 Å². The summed E-state index contributed by atoms with van der Waals surface area (Å²) < 4.78 is 7.25. The quantitative estimate of drug-likeness (QED) is 0.434. The molecule has 3 fully saturated rings. The molecule has 38 heavy (non-hydrogen) atoms. The first-order valence-electron chi connectivity index (χ1n) is 13.4. The minimum Gasteiger partial charge on any atom is -0.384 e. The van der Waals surface area contributed by atoms with Gasteiger partial charge in [-0.3, -0.25) is 9.78 Å². The number of ether oxygens (including phenoxy) is 1. The van der Waals surface area contributed by atoms with Crippen molar-refractivity contribution < 1.29 is 9.53 Å². The fourth-order valence-corrected chi connectivity index (χ4v) is 6.43. The van der Waals surface area contributed by atoms with E-state index in [0.29, 0.717) is 19.0 Å². The largest absolute Gasteiger partial charge is 0.384 e. The number of carbonyl (C=O) groups is 1. The van der Waals surface area contributed by atoms with Gasteiger partial charge in [0.25, 0.3) is 0 Å². The zero-order valence-electron chi connectivity index (χ0n) is 21.2. The Morgan fingerprint density at radius 3 is 2.55 bits per heavy atom. The van der Waals surface area contributed by atoms with Crippen molar-refractivity contribution in [2.45, 2.75) is 49.7 Å². The van der Waals surface area contributed by atoms with Gasteiger partial charge in [-0.1, -0.05) is 36.4 Å². The molecule has 3 aliphatic rings. The predicted molar refractivity (Wildman–Crippen MR) is 144 cm³/mol. The summed E-state index contributed by atoms with van der Waals surface area (Å²) in [6.07, 6.45) is 7.55. The molecule has 0 spiro atoms. The number of benzene rings is 1. The van der Waals surface area contributed by atoms with Crippen LogP contribution in [0.3, 0.4) is 0 Å². The van der Waals surface area contributed by atoms with Crippen molar-refractivity contribution in [1.29, 1.82) is 0 Å². The molecule has 2 bridgehead atoms. The van der Waals surface area contributed by atoms with Crippen LogP contribution in [0.4, 0.5) is 5.82 Å². The molecule has 9 heteroatoms. The third-order valence-corrected chi connectivity index (χ3v) is 8.29. The molecule has 6 heterocycles.